The fourth-order valence-corrected chi connectivity index (χ4v) is 3.17. The number of nitrogens with zero attached hydrogens (tertiary/aromatic N) is 1. The molecule has 0 spiro atoms. The lowest BCUT2D eigenvalue weighted by Gasteiger charge is -2.11. The molecule has 3 rings (SSSR count). The van der Waals surface area contributed by atoms with Crippen LogP contribution in [-0.2, 0) is 0 Å². The van der Waals surface area contributed by atoms with Crippen LogP contribution in [0.2, 0.25) is 0 Å². The first-order valence-corrected chi connectivity index (χ1v) is 10.3. The van der Waals surface area contributed by atoms with Gasteiger partial charge in [-0.25, -0.2) is 0 Å². The van der Waals surface area contributed by atoms with E-state index in [0.717, 1.165) is 29.6 Å². The van der Waals surface area contributed by atoms with Crippen LogP contribution < -0.4 is 4.90 Å². The van der Waals surface area contributed by atoms with Gasteiger partial charge in [0.1, 0.15) is 0 Å². The highest BCUT2D eigenvalue weighted by Crippen LogP contribution is 2.22. The highest BCUT2D eigenvalue weighted by Gasteiger charge is 2.08. The molecule has 0 heterocycles. The molecule has 2 N–H and O–H groups in total. The molecule has 0 aliphatic heterocycles. The van der Waals surface area contributed by atoms with Crippen molar-refractivity contribution in [3.8, 4) is 0 Å². The first-order valence-electron chi connectivity index (χ1n) is 10.3. The van der Waals surface area contributed by atoms with E-state index in [1.165, 1.54) is 11.3 Å². The Morgan fingerprint density at radius 1 is 1.00 bits per heavy atom. The largest absolute Gasteiger partial charge is 0.593 e. The Morgan fingerprint density at radius 2 is 1.77 bits per heavy atom. The van der Waals surface area contributed by atoms with Gasteiger partial charge in [-0.2, -0.15) is 0 Å². The van der Waals surface area contributed by atoms with Gasteiger partial charge in [-0.1, -0.05) is 78.9 Å². The molecule has 2 heteroatoms. The van der Waals surface area contributed by atoms with Crippen molar-refractivity contribution in [2.24, 2.45) is 0 Å². The van der Waals surface area contributed by atoms with Crippen LogP contribution in [0.1, 0.15) is 24.0 Å². The van der Waals surface area contributed by atoms with Gasteiger partial charge in [-0.15, -0.1) is 0 Å². The van der Waals surface area contributed by atoms with Crippen LogP contribution >= 0.6 is 0 Å². The standard InChI is InChI=1S/C28H29NO/c1-29(2)27-20-18-23(19-21-27)12-10-11-17-26(24-13-8-5-9-14-24)22-28(30)25-15-6-3-4-7-16-25/h3,5-10,12-22,30H,4,11H2,1-2H3/p+1/b12-10+,26-17+,28-22-. The topological polar surface area (TPSA) is 26.1 Å². The van der Waals surface area contributed by atoms with E-state index in [1.54, 1.807) is 0 Å². The molecule has 0 saturated heterocycles. The first kappa shape index (κ1) is 21.2. The summed E-state index contributed by atoms with van der Waals surface area (Å²) in [6.45, 7) is 0. The Bertz CT molecular complexity index is 1000. The van der Waals surface area contributed by atoms with Gasteiger partial charge in [-0.05, 0) is 53.8 Å². The van der Waals surface area contributed by atoms with Crippen molar-refractivity contribution < 1.29 is 5.11 Å². The molecule has 1 aliphatic carbocycles. The molecule has 0 saturated carbocycles. The minimum atomic E-state index is 0.524. The molecule has 0 radical (unpaired) electrons. The van der Waals surface area contributed by atoms with Crippen LogP contribution in [-0.4, -0.2) is 19.2 Å². The zero-order valence-electron chi connectivity index (χ0n) is 17.8. The summed E-state index contributed by atoms with van der Waals surface area (Å²) >= 11 is 0. The van der Waals surface area contributed by atoms with Crippen molar-refractivity contribution in [1.82, 2.24) is 0 Å². The Morgan fingerprint density at radius 3 is 2.50 bits per heavy atom. The lowest BCUT2D eigenvalue weighted by atomic mass is 10.0. The summed E-state index contributed by atoms with van der Waals surface area (Å²) in [6.07, 6.45) is 20.4. The maximum absolute atomic E-state index is 8.56. The van der Waals surface area contributed by atoms with E-state index >= 15 is 0 Å². The molecule has 2 nitrogen and oxygen atoms in total. The molecule has 2 aromatic carbocycles. The first-order chi connectivity index (χ1) is 14.6. The van der Waals surface area contributed by atoms with Crippen LogP contribution in [0.3, 0.4) is 0 Å². The second-order valence-electron chi connectivity index (χ2n) is 7.40. The Kier molecular flexibility index (Phi) is 7.68. The molecule has 0 aromatic heterocycles. The monoisotopic (exact) mass is 396 g/mol. The number of hydrogen-bond acceptors (Lipinski definition) is 1. The van der Waals surface area contributed by atoms with Crippen LogP contribution in [0, 0.1) is 0 Å². The van der Waals surface area contributed by atoms with Crippen molar-refractivity contribution in [3.63, 3.8) is 0 Å². The normalized spacial score (nSPS) is 14.7. The molecular weight excluding hydrogens is 366 g/mol. The SMILES string of the molecule is CN(C)c1ccc(/C=C/C/C=C(\C=C(/[OH2+])C2=CC=CCC=C2)c2ccccc2)cc1. The van der Waals surface area contributed by atoms with E-state index in [2.05, 4.69) is 71.7 Å². The van der Waals surface area contributed by atoms with Crippen molar-refractivity contribution in [2.75, 3.05) is 19.0 Å². The van der Waals surface area contributed by atoms with Gasteiger partial charge in [0, 0.05) is 25.9 Å². The highest BCUT2D eigenvalue weighted by atomic mass is 16.3. The number of allylic oxidation sites excluding steroid dienone is 9. The maximum Gasteiger partial charge on any atom is 0.261 e. The average molecular weight is 397 g/mol. The van der Waals surface area contributed by atoms with Gasteiger partial charge < -0.3 is 10.0 Å². The van der Waals surface area contributed by atoms with E-state index in [4.69, 9.17) is 5.11 Å². The summed E-state index contributed by atoms with van der Waals surface area (Å²) in [5, 5.41) is 8.56. The molecule has 0 bridgehead atoms. The third kappa shape index (κ3) is 6.25. The quantitative estimate of drug-likeness (QED) is 0.307. The minimum absolute atomic E-state index is 0.524. The second kappa shape index (κ2) is 10.9. The molecule has 0 unspecified atom stereocenters. The van der Waals surface area contributed by atoms with Crippen molar-refractivity contribution >= 4 is 17.3 Å². The van der Waals surface area contributed by atoms with Crippen LogP contribution in [0.4, 0.5) is 5.69 Å². The summed E-state index contributed by atoms with van der Waals surface area (Å²) < 4.78 is 0. The molecule has 0 atom stereocenters. The molecular formula is C28H30NO+. The molecule has 0 amide bonds. The number of rotatable bonds is 7. The van der Waals surface area contributed by atoms with E-state index < -0.39 is 0 Å². The van der Waals surface area contributed by atoms with Gasteiger partial charge in [-0.3, -0.25) is 0 Å². The van der Waals surface area contributed by atoms with E-state index in [9.17, 15) is 0 Å². The molecule has 0 fully saturated rings. The Hall–Kier alpha value is -3.52. The van der Waals surface area contributed by atoms with Crippen molar-refractivity contribution in [3.05, 3.63) is 126 Å². The van der Waals surface area contributed by atoms with E-state index in [1.807, 2.05) is 56.6 Å². The number of benzene rings is 2. The smallest absolute Gasteiger partial charge is 0.261 e. The van der Waals surface area contributed by atoms with Gasteiger partial charge in [0.25, 0.3) is 5.76 Å². The minimum Gasteiger partial charge on any atom is -0.593 e. The van der Waals surface area contributed by atoms with Gasteiger partial charge >= 0.3 is 0 Å². The summed E-state index contributed by atoms with van der Waals surface area (Å²) in [4.78, 5) is 2.10. The lowest BCUT2D eigenvalue weighted by molar-refractivity contribution is 0.427. The zero-order valence-corrected chi connectivity index (χ0v) is 17.8. The average Bonchev–Trinajstić information content (AvgIpc) is 3.06. The van der Waals surface area contributed by atoms with Gasteiger partial charge in [0.2, 0.25) is 0 Å². The zero-order chi connectivity index (χ0) is 21.2. The Labute approximate surface area is 180 Å². The third-order valence-corrected chi connectivity index (χ3v) is 4.89. The summed E-state index contributed by atoms with van der Waals surface area (Å²) in [6, 6.07) is 18.8. The van der Waals surface area contributed by atoms with Gasteiger partial charge in [0.05, 0.1) is 5.57 Å². The highest BCUT2D eigenvalue weighted by molar-refractivity contribution is 5.75. The van der Waals surface area contributed by atoms with Crippen molar-refractivity contribution in [2.45, 2.75) is 12.8 Å². The van der Waals surface area contributed by atoms with Crippen LogP contribution in [0.25, 0.3) is 11.6 Å². The number of hydrogen-bond donors (Lipinski definition) is 0. The van der Waals surface area contributed by atoms with E-state index in [0.29, 0.717) is 5.76 Å². The fraction of sp³-hybridized carbons (Fsp3) is 0.143. The molecule has 152 valence electrons. The Balaban J connectivity index is 1.78. The predicted molar refractivity (Wildman–Crippen MR) is 132 cm³/mol. The summed E-state index contributed by atoms with van der Waals surface area (Å²) in [7, 11) is 4.10. The second-order valence-corrected chi connectivity index (χ2v) is 7.40. The molecule has 2 aromatic rings. The molecule has 30 heavy (non-hydrogen) atoms. The van der Waals surface area contributed by atoms with Crippen LogP contribution in [0.5, 0.6) is 0 Å². The van der Waals surface area contributed by atoms with Crippen molar-refractivity contribution in [1.29, 1.82) is 0 Å². The molecule has 1 aliphatic rings. The maximum atomic E-state index is 8.56. The summed E-state index contributed by atoms with van der Waals surface area (Å²) in [5.74, 6) is 0.524. The van der Waals surface area contributed by atoms with Crippen LogP contribution in [0.15, 0.2) is 115 Å². The van der Waals surface area contributed by atoms with E-state index in [-0.39, 0.29) is 0 Å². The third-order valence-electron chi connectivity index (χ3n) is 4.89. The predicted octanol–water partition coefficient (Wildman–Crippen LogP) is 6.29. The summed E-state index contributed by atoms with van der Waals surface area (Å²) in [5.41, 5.74) is 5.51. The fourth-order valence-electron chi connectivity index (χ4n) is 3.17. The van der Waals surface area contributed by atoms with Gasteiger partial charge in [0.15, 0.2) is 0 Å². The lowest BCUT2D eigenvalue weighted by Crippen LogP contribution is -2.07. The number of anilines is 1.